The molecule has 1 amide bonds. The molecule has 158 valence electrons. The predicted octanol–water partition coefficient (Wildman–Crippen LogP) is 2.60. The van der Waals surface area contributed by atoms with Crippen LogP contribution >= 0.6 is 0 Å². The number of nitrogens with zero attached hydrogens (tertiary/aromatic N) is 1. The Morgan fingerprint density at radius 2 is 2.03 bits per heavy atom. The fourth-order valence-electron chi connectivity index (χ4n) is 4.28. The SMILES string of the molecule is CC[C@H]1CN(C(=O)c2cc3c(OC)cc(OC)c(OC)c3[nH]2)C[C@]2(CCOC2)O1. The molecule has 2 fully saturated rings. The Morgan fingerprint density at radius 1 is 1.24 bits per heavy atom. The van der Waals surface area contributed by atoms with Crippen LogP contribution in [0.4, 0.5) is 0 Å². The number of hydrogen-bond donors (Lipinski definition) is 1. The van der Waals surface area contributed by atoms with Crippen molar-refractivity contribution in [3.8, 4) is 17.2 Å². The van der Waals surface area contributed by atoms with E-state index in [4.69, 9.17) is 23.7 Å². The second-order valence-corrected chi connectivity index (χ2v) is 7.61. The first kappa shape index (κ1) is 19.8. The first-order chi connectivity index (χ1) is 14.0. The van der Waals surface area contributed by atoms with E-state index in [0.29, 0.717) is 54.8 Å². The van der Waals surface area contributed by atoms with Crippen LogP contribution in [-0.2, 0) is 9.47 Å². The maximum absolute atomic E-state index is 13.4. The summed E-state index contributed by atoms with van der Waals surface area (Å²) in [4.78, 5) is 18.5. The van der Waals surface area contributed by atoms with Crippen LogP contribution in [0.15, 0.2) is 12.1 Å². The number of amides is 1. The number of hydrogen-bond acceptors (Lipinski definition) is 6. The van der Waals surface area contributed by atoms with Gasteiger partial charge < -0.3 is 33.6 Å². The number of methoxy groups -OCH3 is 3. The molecule has 2 saturated heterocycles. The maximum atomic E-state index is 13.4. The number of fused-ring (bicyclic) bond motifs is 1. The number of aromatic amines is 1. The van der Waals surface area contributed by atoms with Crippen LogP contribution < -0.4 is 14.2 Å². The number of rotatable bonds is 5. The van der Waals surface area contributed by atoms with Gasteiger partial charge in [-0.05, 0) is 12.5 Å². The molecule has 1 N–H and O–H groups in total. The molecule has 0 bridgehead atoms. The second kappa shape index (κ2) is 7.76. The molecule has 0 unspecified atom stereocenters. The summed E-state index contributed by atoms with van der Waals surface area (Å²) in [5.41, 5.74) is 0.751. The van der Waals surface area contributed by atoms with E-state index in [1.165, 1.54) is 0 Å². The average Bonchev–Trinajstić information content (AvgIpc) is 3.38. The van der Waals surface area contributed by atoms with E-state index in [-0.39, 0.29) is 12.0 Å². The highest BCUT2D eigenvalue weighted by atomic mass is 16.6. The molecule has 0 radical (unpaired) electrons. The molecule has 2 aliphatic heterocycles. The summed E-state index contributed by atoms with van der Waals surface area (Å²) in [6, 6.07) is 3.57. The smallest absolute Gasteiger partial charge is 0.270 e. The topological polar surface area (TPSA) is 82.2 Å². The van der Waals surface area contributed by atoms with Gasteiger partial charge in [-0.15, -0.1) is 0 Å². The van der Waals surface area contributed by atoms with E-state index in [0.717, 1.165) is 18.2 Å². The lowest BCUT2D eigenvalue weighted by Crippen LogP contribution is -2.57. The molecule has 1 aromatic carbocycles. The van der Waals surface area contributed by atoms with Gasteiger partial charge in [0.05, 0.1) is 46.1 Å². The van der Waals surface area contributed by atoms with Crippen molar-refractivity contribution < 1.29 is 28.5 Å². The molecule has 0 saturated carbocycles. The number of H-pyrrole nitrogens is 1. The van der Waals surface area contributed by atoms with Crippen molar-refractivity contribution in [2.75, 3.05) is 47.6 Å². The summed E-state index contributed by atoms with van der Waals surface area (Å²) in [6.45, 7) is 4.35. The molecule has 2 aromatic rings. The lowest BCUT2D eigenvalue weighted by molar-refractivity contribution is -0.145. The third kappa shape index (κ3) is 3.40. The summed E-state index contributed by atoms with van der Waals surface area (Å²) in [7, 11) is 4.73. The molecule has 1 aromatic heterocycles. The van der Waals surface area contributed by atoms with Gasteiger partial charge in [0.15, 0.2) is 11.5 Å². The Balaban J connectivity index is 1.71. The number of morpholine rings is 1. The molecule has 2 atom stereocenters. The van der Waals surface area contributed by atoms with Crippen LogP contribution in [0, 0.1) is 0 Å². The highest BCUT2D eigenvalue weighted by Gasteiger charge is 2.45. The van der Waals surface area contributed by atoms with E-state index >= 15 is 0 Å². The minimum Gasteiger partial charge on any atom is -0.496 e. The number of carbonyl (C=O) groups is 1. The molecular formula is C21H28N2O6. The number of benzene rings is 1. The van der Waals surface area contributed by atoms with E-state index in [1.807, 2.05) is 11.0 Å². The molecular weight excluding hydrogens is 376 g/mol. The molecule has 2 aliphatic rings. The van der Waals surface area contributed by atoms with Gasteiger partial charge in [0, 0.05) is 31.0 Å². The van der Waals surface area contributed by atoms with E-state index in [9.17, 15) is 4.79 Å². The monoisotopic (exact) mass is 404 g/mol. The largest absolute Gasteiger partial charge is 0.496 e. The van der Waals surface area contributed by atoms with Gasteiger partial charge in [0.2, 0.25) is 0 Å². The number of nitrogens with one attached hydrogen (secondary N) is 1. The quantitative estimate of drug-likeness (QED) is 0.825. The van der Waals surface area contributed by atoms with Crippen molar-refractivity contribution in [1.82, 2.24) is 9.88 Å². The number of carbonyl (C=O) groups excluding carboxylic acids is 1. The molecule has 4 rings (SSSR count). The van der Waals surface area contributed by atoms with E-state index in [1.54, 1.807) is 27.4 Å². The fraction of sp³-hybridized carbons (Fsp3) is 0.571. The van der Waals surface area contributed by atoms with Crippen LogP contribution in [0.25, 0.3) is 10.9 Å². The molecule has 8 heteroatoms. The minimum atomic E-state index is -0.404. The summed E-state index contributed by atoms with van der Waals surface area (Å²) in [5, 5.41) is 0.771. The Labute approximate surface area is 170 Å². The number of aromatic nitrogens is 1. The van der Waals surface area contributed by atoms with Crippen molar-refractivity contribution in [3.63, 3.8) is 0 Å². The second-order valence-electron chi connectivity index (χ2n) is 7.61. The number of ether oxygens (including phenoxy) is 5. The maximum Gasteiger partial charge on any atom is 0.270 e. The van der Waals surface area contributed by atoms with Gasteiger partial charge in [-0.2, -0.15) is 0 Å². The Hall–Kier alpha value is -2.45. The first-order valence-electron chi connectivity index (χ1n) is 9.90. The van der Waals surface area contributed by atoms with Gasteiger partial charge in [-0.1, -0.05) is 6.92 Å². The van der Waals surface area contributed by atoms with Crippen molar-refractivity contribution >= 4 is 16.8 Å². The van der Waals surface area contributed by atoms with Gasteiger partial charge >= 0.3 is 0 Å². The normalized spacial score (nSPS) is 24.3. The minimum absolute atomic E-state index is 0.00273. The average molecular weight is 404 g/mol. The summed E-state index contributed by atoms with van der Waals surface area (Å²) in [5.74, 6) is 1.62. The summed E-state index contributed by atoms with van der Waals surface area (Å²) < 4.78 is 28.3. The predicted molar refractivity (Wildman–Crippen MR) is 107 cm³/mol. The van der Waals surface area contributed by atoms with E-state index in [2.05, 4.69) is 11.9 Å². The van der Waals surface area contributed by atoms with Crippen molar-refractivity contribution in [2.45, 2.75) is 31.5 Å². The van der Waals surface area contributed by atoms with Gasteiger partial charge in [0.25, 0.3) is 5.91 Å². The Morgan fingerprint density at radius 3 is 2.66 bits per heavy atom. The lowest BCUT2D eigenvalue weighted by atomic mass is 9.98. The highest BCUT2D eigenvalue weighted by Crippen LogP contribution is 2.41. The van der Waals surface area contributed by atoms with Crippen LogP contribution in [0.3, 0.4) is 0 Å². The van der Waals surface area contributed by atoms with Gasteiger partial charge in [-0.25, -0.2) is 0 Å². The van der Waals surface area contributed by atoms with Crippen molar-refractivity contribution in [2.24, 2.45) is 0 Å². The van der Waals surface area contributed by atoms with Crippen molar-refractivity contribution in [3.05, 3.63) is 17.8 Å². The van der Waals surface area contributed by atoms with E-state index < -0.39 is 5.60 Å². The first-order valence-corrected chi connectivity index (χ1v) is 9.90. The zero-order chi connectivity index (χ0) is 20.6. The third-order valence-electron chi connectivity index (χ3n) is 5.80. The zero-order valence-electron chi connectivity index (χ0n) is 17.4. The summed E-state index contributed by atoms with van der Waals surface area (Å²) >= 11 is 0. The zero-order valence-corrected chi connectivity index (χ0v) is 17.4. The molecule has 29 heavy (non-hydrogen) atoms. The molecule has 8 nitrogen and oxygen atoms in total. The Kier molecular flexibility index (Phi) is 5.31. The van der Waals surface area contributed by atoms with Crippen LogP contribution in [0.5, 0.6) is 17.2 Å². The molecule has 3 heterocycles. The molecule has 1 spiro atoms. The third-order valence-corrected chi connectivity index (χ3v) is 5.80. The lowest BCUT2D eigenvalue weighted by Gasteiger charge is -2.43. The van der Waals surface area contributed by atoms with Gasteiger partial charge in [-0.3, -0.25) is 4.79 Å². The van der Waals surface area contributed by atoms with Crippen LogP contribution in [0.2, 0.25) is 0 Å². The van der Waals surface area contributed by atoms with Gasteiger partial charge in [0.1, 0.15) is 17.0 Å². The summed E-state index contributed by atoms with van der Waals surface area (Å²) in [6.07, 6.45) is 1.65. The van der Waals surface area contributed by atoms with Crippen LogP contribution in [0.1, 0.15) is 30.3 Å². The molecule has 0 aliphatic carbocycles. The van der Waals surface area contributed by atoms with Crippen molar-refractivity contribution in [1.29, 1.82) is 0 Å². The van der Waals surface area contributed by atoms with Crippen LogP contribution in [-0.4, -0.2) is 75.1 Å². The fourth-order valence-corrected chi connectivity index (χ4v) is 4.28. The Bertz CT molecular complexity index is 902. The standard InChI is InChI=1S/C21H28N2O6/c1-5-13-10-23(11-21(29-13)6-7-28-12-21)20(24)15-8-14-16(25-2)9-17(26-3)19(27-4)18(14)22-15/h8-9,13,22H,5-7,10-12H2,1-4H3/t13-,21-/m0/s1. The highest BCUT2D eigenvalue weighted by molar-refractivity contribution is 6.02.